The van der Waals surface area contributed by atoms with Crippen LogP contribution in [-0.2, 0) is 0 Å². The first kappa shape index (κ1) is 12.9. The number of nitrogens with zero attached hydrogens (tertiary/aromatic N) is 1. The van der Waals surface area contributed by atoms with Gasteiger partial charge in [-0.1, -0.05) is 19.8 Å². The summed E-state index contributed by atoms with van der Waals surface area (Å²) in [4.78, 5) is 2.90. The Hall–Kier alpha value is -0.0800. The summed E-state index contributed by atoms with van der Waals surface area (Å²) in [5, 5.41) is 3.91. The molecule has 2 heteroatoms. The fourth-order valence-corrected chi connectivity index (χ4v) is 4.20. The molecule has 2 unspecified atom stereocenters. The number of piperazine rings is 1. The van der Waals surface area contributed by atoms with Crippen molar-refractivity contribution in [2.75, 3.05) is 13.1 Å². The fraction of sp³-hybridized carbons (Fsp3) is 1.00. The van der Waals surface area contributed by atoms with Gasteiger partial charge in [0.05, 0.1) is 0 Å². The topological polar surface area (TPSA) is 15.3 Å². The van der Waals surface area contributed by atoms with Crippen molar-refractivity contribution in [3.63, 3.8) is 0 Å². The van der Waals surface area contributed by atoms with E-state index in [-0.39, 0.29) is 0 Å². The molecule has 2 saturated carbocycles. The van der Waals surface area contributed by atoms with Gasteiger partial charge in [0.25, 0.3) is 0 Å². The molecule has 1 saturated heterocycles. The molecule has 0 spiro atoms. The quantitative estimate of drug-likeness (QED) is 0.827. The number of rotatable bonds is 3. The molecular weight excluding hydrogens is 220 g/mol. The summed E-state index contributed by atoms with van der Waals surface area (Å²) in [7, 11) is 0. The van der Waals surface area contributed by atoms with E-state index in [9.17, 15) is 0 Å². The molecule has 0 amide bonds. The summed E-state index contributed by atoms with van der Waals surface area (Å²) in [5.74, 6) is 0.947. The molecule has 1 heterocycles. The standard InChI is InChI=1S/C16H30N2/c1-4-15(2)11-17-16(3,13-9-10-13)12-18(15)14-7-5-6-8-14/h13-14,17H,4-12H2,1-3H3. The van der Waals surface area contributed by atoms with Crippen LogP contribution in [0.4, 0.5) is 0 Å². The Labute approximate surface area is 113 Å². The Morgan fingerprint density at radius 1 is 1.11 bits per heavy atom. The first-order valence-electron chi connectivity index (χ1n) is 8.09. The third-order valence-corrected chi connectivity index (χ3v) is 6.07. The van der Waals surface area contributed by atoms with Crippen molar-refractivity contribution in [1.82, 2.24) is 10.2 Å². The van der Waals surface area contributed by atoms with Gasteiger partial charge in [0, 0.05) is 30.2 Å². The summed E-state index contributed by atoms with van der Waals surface area (Å²) in [5.41, 5.74) is 0.792. The van der Waals surface area contributed by atoms with Gasteiger partial charge >= 0.3 is 0 Å². The maximum absolute atomic E-state index is 3.91. The van der Waals surface area contributed by atoms with Crippen LogP contribution < -0.4 is 5.32 Å². The molecule has 2 aliphatic carbocycles. The van der Waals surface area contributed by atoms with Gasteiger partial charge in [0.1, 0.15) is 0 Å². The van der Waals surface area contributed by atoms with E-state index in [4.69, 9.17) is 0 Å². The third-order valence-electron chi connectivity index (χ3n) is 6.07. The Morgan fingerprint density at radius 2 is 1.78 bits per heavy atom. The maximum Gasteiger partial charge on any atom is 0.0309 e. The third kappa shape index (κ3) is 2.12. The maximum atomic E-state index is 3.91. The van der Waals surface area contributed by atoms with Gasteiger partial charge in [-0.3, -0.25) is 4.90 Å². The van der Waals surface area contributed by atoms with E-state index in [1.807, 2.05) is 0 Å². The Morgan fingerprint density at radius 3 is 2.33 bits per heavy atom. The van der Waals surface area contributed by atoms with Gasteiger partial charge in [-0.2, -0.15) is 0 Å². The lowest BCUT2D eigenvalue weighted by atomic mass is 9.83. The van der Waals surface area contributed by atoms with E-state index in [1.54, 1.807) is 0 Å². The van der Waals surface area contributed by atoms with E-state index in [2.05, 4.69) is 31.0 Å². The highest BCUT2D eigenvalue weighted by atomic mass is 15.3. The normalized spacial score (nSPS) is 43.5. The minimum absolute atomic E-state index is 0.392. The lowest BCUT2D eigenvalue weighted by molar-refractivity contribution is -0.0198. The van der Waals surface area contributed by atoms with Crippen LogP contribution in [0, 0.1) is 5.92 Å². The first-order chi connectivity index (χ1) is 8.57. The minimum Gasteiger partial charge on any atom is -0.308 e. The lowest BCUT2D eigenvalue weighted by Crippen LogP contribution is -2.70. The van der Waals surface area contributed by atoms with Crippen molar-refractivity contribution in [3.8, 4) is 0 Å². The molecule has 0 radical (unpaired) electrons. The molecule has 3 fully saturated rings. The molecule has 104 valence electrons. The van der Waals surface area contributed by atoms with Crippen molar-refractivity contribution in [2.24, 2.45) is 5.92 Å². The zero-order valence-corrected chi connectivity index (χ0v) is 12.5. The first-order valence-corrected chi connectivity index (χ1v) is 8.09. The van der Waals surface area contributed by atoms with Gasteiger partial charge in [-0.15, -0.1) is 0 Å². The average Bonchev–Trinajstić information content (AvgIpc) is 3.10. The number of hydrogen-bond acceptors (Lipinski definition) is 2. The predicted molar refractivity (Wildman–Crippen MR) is 76.8 cm³/mol. The molecule has 1 aliphatic heterocycles. The van der Waals surface area contributed by atoms with Crippen LogP contribution in [0.5, 0.6) is 0 Å². The Kier molecular flexibility index (Phi) is 3.22. The molecule has 1 N–H and O–H groups in total. The molecule has 18 heavy (non-hydrogen) atoms. The minimum atomic E-state index is 0.392. The van der Waals surface area contributed by atoms with E-state index in [1.165, 1.54) is 58.0 Å². The molecule has 0 aromatic heterocycles. The zero-order chi connectivity index (χ0) is 12.8. The highest BCUT2D eigenvalue weighted by Gasteiger charge is 2.50. The van der Waals surface area contributed by atoms with Gasteiger partial charge in [-0.05, 0) is 51.9 Å². The highest BCUT2D eigenvalue weighted by Crippen LogP contribution is 2.44. The van der Waals surface area contributed by atoms with E-state index in [0.29, 0.717) is 11.1 Å². The SMILES string of the molecule is CCC1(C)CNC(C)(C2CC2)CN1C1CCCC1. The summed E-state index contributed by atoms with van der Waals surface area (Å²) in [6.45, 7) is 9.79. The van der Waals surface area contributed by atoms with Crippen LogP contribution in [0.3, 0.4) is 0 Å². The van der Waals surface area contributed by atoms with Gasteiger partial charge in [0.15, 0.2) is 0 Å². The van der Waals surface area contributed by atoms with Crippen molar-refractivity contribution in [3.05, 3.63) is 0 Å². The van der Waals surface area contributed by atoms with Crippen molar-refractivity contribution in [2.45, 2.75) is 82.8 Å². The number of hydrogen-bond donors (Lipinski definition) is 1. The molecule has 2 atom stereocenters. The molecule has 0 bridgehead atoms. The second kappa shape index (κ2) is 4.49. The van der Waals surface area contributed by atoms with Gasteiger partial charge in [0.2, 0.25) is 0 Å². The smallest absolute Gasteiger partial charge is 0.0309 e. The van der Waals surface area contributed by atoms with Crippen LogP contribution in [0.1, 0.15) is 65.7 Å². The summed E-state index contributed by atoms with van der Waals surface area (Å²) >= 11 is 0. The van der Waals surface area contributed by atoms with Crippen molar-refractivity contribution in [1.29, 1.82) is 0 Å². The van der Waals surface area contributed by atoms with Crippen molar-refractivity contribution < 1.29 is 0 Å². The van der Waals surface area contributed by atoms with Crippen LogP contribution in [0.2, 0.25) is 0 Å². The van der Waals surface area contributed by atoms with Gasteiger partial charge in [-0.25, -0.2) is 0 Å². The molecule has 3 rings (SSSR count). The number of nitrogens with one attached hydrogen (secondary N) is 1. The average molecular weight is 250 g/mol. The highest BCUT2D eigenvalue weighted by molar-refractivity contribution is 5.09. The second-order valence-corrected chi connectivity index (χ2v) is 7.46. The van der Waals surface area contributed by atoms with E-state index >= 15 is 0 Å². The monoisotopic (exact) mass is 250 g/mol. The van der Waals surface area contributed by atoms with E-state index in [0.717, 1.165) is 12.0 Å². The Balaban J connectivity index is 1.79. The van der Waals surface area contributed by atoms with Crippen LogP contribution in [0.15, 0.2) is 0 Å². The van der Waals surface area contributed by atoms with Crippen LogP contribution >= 0.6 is 0 Å². The Bertz CT molecular complexity index is 306. The van der Waals surface area contributed by atoms with Crippen LogP contribution in [0.25, 0.3) is 0 Å². The molecule has 0 aromatic carbocycles. The summed E-state index contributed by atoms with van der Waals surface area (Å²) < 4.78 is 0. The molecule has 3 aliphatic rings. The largest absolute Gasteiger partial charge is 0.308 e. The van der Waals surface area contributed by atoms with E-state index < -0.39 is 0 Å². The lowest BCUT2D eigenvalue weighted by Gasteiger charge is -2.55. The molecule has 0 aromatic rings. The molecule has 2 nitrogen and oxygen atoms in total. The van der Waals surface area contributed by atoms with Crippen LogP contribution in [-0.4, -0.2) is 35.1 Å². The zero-order valence-electron chi connectivity index (χ0n) is 12.5. The van der Waals surface area contributed by atoms with Gasteiger partial charge < -0.3 is 5.32 Å². The molecular formula is C16H30N2. The van der Waals surface area contributed by atoms with Crippen molar-refractivity contribution >= 4 is 0 Å². The second-order valence-electron chi connectivity index (χ2n) is 7.46. The summed E-state index contributed by atoms with van der Waals surface area (Å²) in [6, 6.07) is 0.870. The predicted octanol–water partition coefficient (Wildman–Crippen LogP) is 3.17. The summed E-state index contributed by atoms with van der Waals surface area (Å²) in [6.07, 6.45) is 9.96. The fourth-order valence-electron chi connectivity index (χ4n) is 4.20.